The van der Waals surface area contributed by atoms with Gasteiger partial charge in [0.05, 0.1) is 0 Å². The van der Waals surface area contributed by atoms with Crippen LogP contribution in [0.1, 0.15) is 13.3 Å². The zero-order valence-corrected chi connectivity index (χ0v) is 11.3. The van der Waals surface area contributed by atoms with Crippen molar-refractivity contribution in [3.8, 4) is 0 Å². The third-order valence-electron chi connectivity index (χ3n) is 0.577. The van der Waals surface area contributed by atoms with Crippen molar-refractivity contribution in [2.24, 2.45) is 0 Å². The standard InChI is InChI=1S/C3H6O.C3H6.CH4O.CH3.CH2.W/c1-2-4-3-1;1-3-2;1-2;;;/h1-3H2;3H,1H2,2H3;2H,1H3;1H3;1H2;/q;;;-1;;. The first-order valence-corrected chi connectivity index (χ1v) is 5.37. The number of ether oxygens (including phenoxy) is 1. The molecule has 1 aliphatic rings. The van der Waals surface area contributed by atoms with Crippen LogP contribution in [0.5, 0.6) is 0 Å². The quantitative estimate of drug-likeness (QED) is 0.534. The van der Waals surface area contributed by atoms with Crippen LogP contribution in [-0.4, -0.2) is 30.3 Å². The second-order valence-corrected chi connectivity index (χ2v) is 1.37. The van der Waals surface area contributed by atoms with Crippen LogP contribution in [0.4, 0.5) is 0 Å². The molecule has 0 aromatic heterocycles. The van der Waals surface area contributed by atoms with Crippen LogP contribution in [0.25, 0.3) is 0 Å². The van der Waals surface area contributed by atoms with Crippen LogP contribution in [-0.2, 0) is 24.1 Å². The Labute approximate surface area is 88.0 Å². The van der Waals surface area contributed by atoms with Gasteiger partial charge in [-0.25, -0.2) is 0 Å². The normalized spacial score (nSPS) is 9.92. The van der Waals surface area contributed by atoms with Gasteiger partial charge < -0.3 is 17.3 Å². The number of rotatable bonds is 0. The van der Waals surface area contributed by atoms with Crippen LogP contribution in [0, 0.1) is 7.43 Å². The van der Waals surface area contributed by atoms with E-state index in [1.807, 2.05) is 6.92 Å². The molecule has 0 amide bonds. The Bertz CT molecular complexity index is 50.5. The molecular weight excluding hydrogens is 324 g/mol. The Hall–Kier alpha value is 0.218. The Morgan fingerprint density at radius 1 is 1.33 bits per heavy atom. The molecule has 0 bridgehead atoms. The molecule has 0 aliphatic carbocycles. The summed E-state index contributed by atoms with van der Waals surface area (Å²) in [6.45, 7) is 7.25. The fourth-order valence-electron chi connectivity index (χ4n) is 0.144. The van der Waals surface area contributed by atoms with Gasteiger partial charge in [0.2, 0.25) is 0 Å². The first kappa shape index (κ1) is 22.8. The number of hydrogen-bond acceptors (Lipinski definition) is 2. The van der Waals surface area contributed by atoms with E-state index in [9.17, 15) is 0 Å². The van der Waals surface area contributed by atoms with Crippen molar-refractivity contribution in [3.05, 3.63) is 20.1 Å². The van der Waals surface area contributed by atoms with E-state index in [4.69, 9.17) is 9.84 Å². The predicted molar refractivity (Wildman–Crippen MR) is 53.0 cm³/mol. The molecule has 3 heteroatoms. The van der Waals surface area contributed by atoms with Crippen molar-refractivity contribution in [3.63, 3.8) is 0 Å². The molecule has 0 unspecified atom stereocenters. The third kappa shape index (κ3) is 48.8. The van der Waals surface area contributed by atoms with E-state index in [-0.39, 0.29) is 7.43 Å². The topological polar surface area (TPSA) is 29.5 Å². The molecule has 1 heterocycles. The zero-order chi connectivity index (χ0) is 9.54. The summed E-state index contributed by atoms with van der Waals surface area (Å²) < 4.78 is 4.72. The van der Waals surface area contributed by atoms with Gasteiger partial charge in [-0.2, -0.15) is 0 Å². The van der Waals surface area contributed by atoms with Gasteiger partial charge in [0.1, 0.15) is 0 Å². The number of aliphatic hydroxyl groups is 1. The first-order valence-electron chi connectivity index (χ1n) is 3.30. The van der Waals surface area contributed by atoms with Gasteiger partial charge in [0, 0.05) is 20.3 Å². The summed E-state index contributed by atoms with van der Waals surface area (Å²) in [5, 5.41) is 7.00. The average Bonchev–Trinajstić information content (AvgIpc) is 1.93. The summed E-state index contributed by atoms with van der Waals surface area (Å²) in [4.78, 5) is 3.33. The van der Waals surface area contributed by atoms with Gasteiger partial charge in [-0.3, -0.25) is 0 Å². The molecular formula is C9H21O2W-. The molecule has 0 aromatic carbocycles. The second kappa shape index (κ2) is 43.0. The van der Waals surface area contributed by atoms with Gasteiger partial charge in [0.15, 0.2) is 0 Å². The molecule has 0 radical (unpaired) electrons. The van der Waals surface area contributed by atoms with E-state index in [1.165, 1.54) is 25.8 Å². The Balaban J connectivity index is -0.0000000369. The van der Waals surface area contributed by atoms with E-state index in [0.29, 0.717) is 0 Å². The molecule has 1 aliphatic heterocycles. The molecule has 0 saturated carbocycles. The third-order valence-corrected chi connectivity index (χ3v) is 0.577. The Kier molecular flexibility index (Phi) is 81.6. The van der Waals surface area contributed by atoms with E-state index in [1.54, 1.807) is 6.08 Å². The van der Waals surface area contributed by atoms with Gasteiger partial charge in [-0.05, 0) is 13.3 Å². The minimum atomic E-state index is 0. The molecule has 1 saturated heterocycles. The van der Waals surface area contributed by atoms with E-state index in [2.05, 4.69) is 11.5 Å². The predicted octanol–water partition coefficient (Wildman–Crippen LogP) is 1.62. The first-order chi connectivity index (χ1) is 5.41. The molecule has 0 aromatic rings. The maximum Gasteiger partial charge on any atom is -0.358 e. The van der Waals surface area contributed by atoms with Crippen LogP contribution >= 0.6 is 0 Å². The number of allylic oxidation sites excluding steroid dienone is 1. The smallest absolute Gasteiger partial charge is 0.358 e. The monoisotopic (exact) mass is 345 g/mol. The fourth-order valence-corrected chi connectivity index (χ4v) is 0.144. The summed E-state index contributed by atoms with van der Waals surface area (Å²) in [5.41, 5.74) is 0. The van der Waals surface area contributed by atoms with Gasteiger partial charge in [0.25, 0.3) is 0 Å². The largest absolute Gasteiger partial charge is 0.358 e. The fraction of sp³-hybridized carbons (Fsp3) is 0.556. The number of hydrogen-bond donors (Lipinski definition) is 1. The molecule has 76 valence electrons. The summed E-state index contributed by atoms with van der Waals surface area (Å²) in [6.07, 6.45) is 3.03. The van der Waals surface area contributed by atoms with Crippen LogP contribution in [0.3, 0.4) is 0 Å². The minimum absolute atomic E-state index is 0. The van der Waals surface area contributed by atoms with Crippen molar-refractivity contribution < 1.29 is 29.2 Å². The van der Waals surface area contributed by atoms with E-state index < -0.39 is 0 Å². The SMILES string of the molecule is C1COC1.C=CC.CO.[CH2]=[W].[CH3-]. The van der Waals surface area contributed by atoms with E-state index >= 15 is 0 Å². The summed E-state index contributed by atoms with van der Waals surface area (Å²) in [7, 11) is 1.00. The second-order valence-electron chi connectivity index (χ2n) is 1.37. The van der Waals surface area contributed by atoms with Crippen LogP contribution < -0.4 is 0 Å². The zero-order valence-electron chi connectivity index (χ0n) is 8.38. The van der Waals surface area contributed by atoms with Gasteiger partial charge in [-0.15, -0.1) is 6.58 Å². The summed E-state index contributed by atoms with van der Waals surface area (Å²) >= 11 is 1.33. The molecule has 12 heavy (non-hydrogen) atoms. The van der Waals surface area contributed by atoms with Crippen LogP contribution in [0.2, 0.25) is 0 Å². The molecule has 1 N–H and O–H groups in total. The van der Waals surface area contributed by atoms with Crippen molar-refractivity contribution in [2.75, 3.05) is 20.3 Å². The molecule has 0 atom stereocenters. The maximum atomic E-state index is 7.00. The molecule has 1 fully saturated rings. The molecule has 1 rings (SSSR count). The Morgan fingerprint density at radius 3 is 1.42 bits per heavy atom. The van der Waals surface area contributed by atoms with Gasteiger partial charge >= 0.3 is 24.3 Å². The summed E-state index contributed by atoms with van der Waals surface area (Å²) in [6, 6.07) is 0. The van der Waals surface area contributed by atoms with Crippen molar-refractivity contribution >= 4 is 4.90 Å². The Morgan fingerprint density at radius 2 is 1.42 bits per heavy atom. The van der Waals surface area contributed by atoms with Crippen LogP contribution in [0.15, 0.2) is 12.7 Å². The average molecular weight is 345 g/mol. The van der Waals surface area contributed by atoms with Crippen molar-refractivity contribution in [1.29, 1.82) is 0 Å². The van der Waals surface area contributed by atoms with Gasteiger partial charge in [-0.1, -0.05) is 6.08 Å². The molecule has 0 spiro atoms. The molecule has 2 nitrogen and oxygen atoms in total. The summed E-state index contributed by atoms with van der Waals surface area (Å²) in [5.74, 6) is 0. The van der Waals surface area contributed by atoms with Crippen molar-refractivity contribution in [1.82, 2.24) is 0 Å². The van der Waals surface area contributed by atoms with E-state index in [0.717, 1.165) is 20.3 Å². The van der Waals surface area contributed by atoms with Crippen molar-refractivity contribution in [2.45, 2.75) is 13.3 Å². The number of aliphatic hydroxyl groups excluding tert-OH is 1. The minimum Gasteiger partial charge on any atom is -0.358 e. The maximum absolute atomic E-state index is 7.00.